The monoisotopic (exact) mass is 421 g/mol. The number of carbonyl (C=O) groups excluding carboxylic acids is 2. The first-order chi connectivity index (χ1) is 14.6. The van der Waals surface area contributed by atoms with Crippen molar-refractivity contribution in [2.24, 2.45) is 0 Å². The third-order valence-corrected chi connectivity index (χ3v) is 5.78. The topological polar surface area (TPSA) is 43.9 Å². The Kier molecular flexibility index (Phi) is 6.02. The van der Waals surface area contributed by atoms with Crippen LogP contribution in [0.2, 0.25) is 5.02 Å². The Morgan fingerprint density at radius 2 is 1.57 bits per heavy atom. The number of imide groups is 1. The van der Waals surface area contributed by atoms with Gasteiger partial charge in [-0.15, -0.1) is 6.58 Å². The van der Waals surface area contributed by atoms with Crippen molar-refractivity contribution in [2.75, 3.05) is 32.7 Å². The second-order valence-electron chi connectivity index (χ2n) is 7.49. The van der Waals surface area contributed by atoms with Crippen LogP contribution in [0.5, 0.6) is 0 Å². The molecule has 2 aliphatic rings. The van der Waals surface area contributed by atoms with E-state index in [1.807, 2.05) is 18.2 Å². The average Bonchev–Trinajstić information content (AvgIpc) is 3.01. The molecule has 4 rings (SSSR count). The molecule has 0 spiro atoms. The average molecular weight is 422 g/mol. The molecule has 0 unspecified atom stereocenters. The Labute approximate surface area is 181 Å². The van der Waals surface area contributed by atoms with Crippen LogP contribution in [0.15, 0.2) is 72.9 Å². The lowest BCUT2D eigenvalue weighted by Gasteiger charge is -2.36. The minimum atomic E-state index is -0.274. The van der Waals surface area contributed by atoms with Gasteiger partial charge in [0.05, 0.1) is 5.57 Å². The molecule has 0 N–H and O–H groups in total. The predicted octanol–water partition coefficient (Wildman–Crippen LogP) is 3.42. The van der Waals surface area contributed by atoms with E-state index in [-0.39, 0.29) is 18.4 Å². The fourth-order valence-electron chi connectivity index (χ4n) is 4.00. The number of rotatable bonds is 6. The first-order valence-corrected chi connectivity index (χ1v) is 10.4. The third-order valence-electron chi connectivity index (χ3n) is 5.53. The van der Waals surface area contributed by atoms with Crippen LogP contribution in [0.4, 0.5) is 0 Å². The van der Waals surface area contributed by atoms with Crippen molar-refractivity contribution in [2.45, 2.75) is 6.54 Å². The van der Waals surface area contributed by atoms with E-state index in [0.717, 1.165) is 19.6 Å². The molecule has 2 heterocycles. The Morgan fingerprint density at radius 3 is 2.20 bits per heavy atom. The summed E-state index contributed by atoms with van der Waals surface area (Å²) in [5.74, 6) is -0.523. The Hall–Kier alpha value is -2.89. The van der Waals surface area contributed by atoms with Gasteiger partial charge in [0.25, 0.3) is 11.8 Å². The second-order valence-corrected chi connectivity index (χ2v) is 7.93. The van der Waals surface area contributed by atoms with Gasteiger partial charge in [-0.25, -0.2) is 0 Å². The largest absolute Gasteiger partial charge is 0.364 e. The van der Waals surface area contributed by atoms with Crippen molar-refractivity contribution < 1.29 is 9.59 Å². The van der Waals surface area contributed by atoms with Gasteiger partial charge in [0.1, 0.15) is 5.70 Å². The summed E-state index contributed by atoms with van der Waals surface area (Å²) < 4.78 is 0. The van der Waals surface area contributed by atoms with Gasteiger partial charge in [0, 0.05) is 44.3 Å². The summed E-state index contributed by atoms with van der Waals surface area (Å²) >= 11 is 6.02. The fraction of sp³-hybridized carbons (Fsp3) is 0.250. The Bertz CT molecular complexity index is 977. The lowest BCUT2D eigenvalue weighted by atomic mass is 10.0. The Balaban J connectivity index is 1.57. The van der Waals surface area contributed by atoms with Crippen LogP contribution >= 0.6 is 11.6 Å². The van der Waals surface area contributed by atoms with E-state index in [2.05, 4.69) is 28.5 Å². The number of halogens is 1. The van der Waals surface area contributed by atoms with Crippen LogP contribution in [-0.2, 0) is 16.1 Å². The number of nitrogens with zero attached hydrogens (tertiary/aromatic N) is 3. The molecule has 0 bridgehead atoms. The van der Waals surface area contributed by atoms with Gasteiger partial charge in [-0.05, 0) is 23.3 Å². The van der Waals surface area contributed by atoms with Crippen molar-refractivity contribution in [3.63, 3.8) is 0 Å². The van der Waals surface area contributed by atoms with E-state index in [1.54, 1.807) is 30.3 Å². The van der Waals surface area contributed by atoms with E-state index in [0.29, 0.717) is 34.9 Å². The van der Waals surface area contributed by atoms with E-state index in [9.17, 15) is 9.59 Å². The van der Waals surface area contributed by atoms with Crippen molar-refractivity contribution in [1.82, 2.24) is 14.7 Å². The van der Waals surface area contributed by atoms with E-state index < -0.39 is 0 Å². The lowest BCUT2D eigenvalue weighted by molar-refractivity contribution is -0.137. The molecule has 2 aliphatic heterocycles. The van der Waals surface area contributed by atoms with Crippen LogP contribution in [-0.4, -0.2) is 59.2 Å². The van der Waals surface area contributed by atoms with Gasteiger partial charge in [-0.1, -0.05) is 60.1 Å². The molecule has 2 aromatic carbocycles. The van der Waals surface area contributed by atoms with Gasteiger partial charge in [0.15, 0.2) is 0 Å². The SMILES string of the molecule is C=CCN1C(=O)C(c2ccc(Cl)cc2)=C(N2CCN(Cc3ccccc3)CC2)C1=O. The number of amides is 2. The predicted molar refractivity (Wildman–Crippen MR) is 119 cm³/mol. The highest BCUT2D eigenvalue weighted by Gasteiger charge is 2.41. The summed E-state index contributed by atoms with van der Waals surface area (Å²) in [6.07, 6.45) is 1.58. The molecular weight excluding hydrogens is 398 g/mol. The molecule has 5 nitrogen and oxygen atoms in total. The highest BCUT2D eigenvalue weighted by molar-refractivity contribution is 6.36. The van der Waals surface area contributed by atoms with Crippen LogP contribution in [0.25, 0.3) is 5.57 Å². The third kappa shape index (κ3) is 4.04. The molecule has 30 heavy (non-hydrogen) atoms. The molecule has 1 fully saturated rings. The van der Waals surface area contributed by atoms with E-state index in [1.165, 1.54) is 10.5 Å². The number of carbonyl (C=O) groups is 2. The molecule has 6 heteroatoms. The van der Waals surface area contributed by atoms with Crippen molar-refractivity contribution in [3.05, 3.63) is 89.1 Å². The normalized spacial score (nSPS) is 17.8. The first kappa shape index (κ1) is 20.4. The van der Waals surface area contributed by atoms with Gasteiger partial charge >= 0.3 is 0 Å². The number of benzene rings is 2. The first-order valence-electron chi connectivity index (χ1n) is 10.1. The van der Waals surface area contributed by atoms with Crippen LogP contribution < -0.4 is 0 Å². The summed E-state index contributed by atoms with van der Waals surface area (Å²) in [4.78, 5) is 31.9. The van der Waals surface area contributed by atoms with Gasteiger partial charge < -0.3 is 4.90 Å². The zero-order chi connectivity index (χ0) is 21.1. The molecule has 1 saturated heterocycles. The second kappa shape index (κ2) is 8.86. The van der Waals surface area contributed by atoms with Crippen molar-refractivity contribution >= 4 is 29.0 Å². The number of piperazine rings is 1. The zero-order valence-electron chi connectivity index (χ0n) is 16.8. The number of hydrogen-bond donors (Lipinski definition) is 0. The quantitative estimate of drug-likeness (QED) is 0.529. The van der Waals surface area contributed by atoms with E-state index >= 15 is 0 Å². The fourth-order valence-corrected chi connectivity index (χ4v) is 4.13. The summed E-state index contributed by atoms with van der Waals surface area (Å²) in [5, 5.41) is 0.593. The maximum atomic E-state index is 13.1. The summed E-state index contributed by atoms with van der Waals surface area (Å²) in [6.45, 7) is 7.82. The highest BCUT2D eigenvalue weighted by atomic mass is 35.5. The van der Waals surface area contributed by atoms with E-state index in [4.69, 9.17) is 11.6 Å². The molecule has 2 aromatic rings. The van der Waals surface area contributed by atoms with Gasteiger partial charge in [0.2, 0.25) is 0 Å². The van der Waals surface area contributed by atoms with Crippen LogP contribution in [0, 0.1) is 0 Å². The number of hydrogen-bond acceptors (Lipinski definition) is 4. The maximum absolute atomic E-state index is 13.1. The van der Waals surface area contributed by atoms with Crippen molar-refractivity contribution in [3.8, 4) is 0 Å². The molecule has 0 aromatic heterocycles. The van der Waals surface area contributed by atoms with Crippen molar-refractivity contribution in [1.29, 1.82) is 0 Å². The van der Waals surface area contributed by atoms with Crippen LogP contribution in [0.1, 0.15) is 11.1 Å². The van der Waals surface area contributed by atoms with Gasteiger partial charge in [-0.2, -0.15) is 0 Å². The highest BCUT2D eigenvalue weighted by Crippen LogP contribution is 2.32. The smallest absolute Gasteiger partial charge is 0.278 e. The Morgan fingerprint density at radius 1 is 0.900 bits per heavy atom. The minimum absolute atomic E-state index is 0.201. The molecular formula is C24H24ClN3O2. The summed E-state index contributed by atoms with van der Waals surface area (Å²) in [5.41, 5.74) is 2.93. The molecule has 2 amide bonds. The van der Waals surface area contributed by atoms with Crippen LogP contribution in [0.3, 0.4) is 0 Å². The minimum Gasteiger partial charge on any atom is -0.364 e. The molecule has 0 aliphatic carbocycles. The molecule has 0 radical (unpaired) electrons. The van der Waals surface area contributed by atoms with Gasteiger partial charge in [-0.3, -0.25) is 19.4 Å². The summed E-state index contributed by atoms with van der Waals surface area (Å²) in [7, 11) is 0. The standard InChI is InChI=1S/C24H24ClN3O2/c1-2-12-28-23(29)21(19-8-10-20(25)11-9-19)22(24(28)30)27-15-13-26(14-16-27)17-18-6-4-3-5-7-18/h2-11H,1,12-17H2. The maximum Gasteiger partial charge on any atom is 0.278 e. The molecule has 0 saturated carbocycles. The summed E-state index contributed by atoms with van der Waals surface area (Å²) in [6, 6.07) is 17.4. The molecule has 0 atom stereocenters. The molecule has 154 valence electrons. The zero-order valence-corrected chi connectivity index (χ0v) is 17.5. The lowest BCUT2D eigenvalue weighted by Crippen LogP contribution is -2.47.